The molecule has 3 heterocycles. The SMILES string of the molecule is Cc1ccc(NC(=O)c2ccnc(C(F)(F)F)c2)cc1-c1cc(OCCO)nc(C2(C)CCOCC2)c1. The van der Waals surface area contributed by atoms with Crippen molar-refractivity contribution in [2.45, 2.75) is 38.3 Å². The summed E-state index contributed by atoms with van der Waals surface area (Å²) in [6, 6.07) is 11.0. The third kappa shape index (κ3) is 6.26. The first-order chi connectivity index (χ1) is 17.6. The molecule has 1 aliphatic rings. The summed E-state index contributed by atoms with van der Waals surface area (Å²) in [4.78, 5) is 20.7. The number of hydrogen-bond donors (Lipinski definition) is 2. The van der Waals surface area contributed by atoms with Gasteiger partial charge in [-0.15, -0.1) is 0 Å². The average molecular weight is 516 g/mol. The van der Waals surface area contributed by atoms with Gasteiger partial charge in [0.15, 0.2) is 0 Å². The van der Waals surface area contributed by atoms with E-state index in [1.807, 2.05) is 19.1 Å². The fourth-order valence-corrected chi connectivity index (χ4v) is 4.21. The number of pyridine rings is 2. The van der Waals surface area contributed by atoms with Crippen LogP contribution in [0, 0.1) is 6.92 Å². The van der Waals surface area contributed by atoms with Crippen molar-refractivity contribution in [2.75, 3.05) is 31.7 Å². The molecule has 2 aromatic heterocycles. The standard InChI is InChI=1S/C27H28F3N3O4/c1-17-3-4-20(32-25(35)18-5-8-31-23(13-18)27(28,29)30)16-21(17)19-14-22(26(2)6-10-36-11-7-26)33-24(15-19)37-12-9-34/h3-5,8,13-16,34H,6-7,9-12H2,1-2H3,(H,32,35). The van der Waals surface area contributed by atoms with Crippen LogP contribution < -0.4 is 10.1 Å². The third-order valence-corrected chi connectivity index (χ3v) is 6.48. The second-order valence-corrected chi connectivity index (χ2v) is 9.24. The molecule has 3 aromatic rings. The number of ether oxygens (including phenoxy) is 2. The van der Waals surface area contributed by atoms with Crippen LogP contribution in [0.5, 0.6) is 5.88 Å². The van der Waals surface area contributed by atoms with E-state index in [2.05, 4.69) is 17.2 Å². The van der Waals surface area contributed by atoms with Crippen LogP contribution >= 0.6 is 0 Å². The number of aliphatic hydroxyl groups excluding tert-OH is 1. The number of carbonyl (C=O) groups is 1. The van der Waals surface area contributed by atoms with Gasteiger partial charge in [0, 0.05) is 42.1 Å². The Bertz CT molecular complexity index is 1270. The Balaban J connectivity index is 1.67. The van der Waals surface area contributed by atoms with E-state index in [1.165, 1.54) is 6.07 Å². The minimum atomic E-state index is -4.65. The molecular formula is C27H28F3N3O4. The van der Waals surface area contributed by atoms with Crippen LogP contribution in [0.25, 0.3) is 11.1 Å². The zero-order valence-corrected chi connectivity index (χ0v) is 20.6. The van der Waals surface area contributed by atoms with Crippen molar-refractivity contribution in [3.05, 3.63) is 71.2 Å². The van der Waals surface area contributed by atoms with Crippen molar-refractivity contribution in [3.63, 3.8) is 0 Å². The predicted octanol–water partition coefficient (Wildman–Crippen LogP) is 5.16. The van der Waals surface area contributed by atoms with Gasteiger partial charge in [-0.25, -0.2) is 4.98 Å². The van der Waals surface area contributed by atoms with Crippen molar-refractivity contribution in [2.24, 2.45) is 0 Å². The summed E-state index contributed by atoms with van der Waals surface area (Å²) in [6.07, 6.45) is -2.10. The first-order valence-electron chi connectivity index (χ1n) is 11.9. The Labute approximate surface area is 212 Å². The van der Waals surface area contributed by atoms with Gasteiger partial charge in [0.2, 0.25) is 5.88 Å². The van der Waals surface area contributed by atoms with Crippen LogP contribution in [0.2, 0.25) is 0 Å². The number of rotatable bonds is 7. The lowest BCUT2D eigenvalue weighted by Gasteiger charge is -2.33. The molecule has 37 heavy (non-hydrogen) atoms. The minimum absolute atomic E-state index is 0.0939. The molecule has 1 fully saturated rings. The van der Waals surface area contributed by atoms with Crippen LogP contribution in [-0.2, 0) is 16.3 Å². The number of nitrogens with zero attached hydrogens (tertiary/aromatic N) is 2. The van der Waals surface area contributed by atoms with Gasteiger partial charge in [-0.2, -0.15) is 13.2 Å². The summed E-state index contributed by atoms with van der Waals surface area (Å²) < 4.78 is 50.2. The molecule has 0 saturated carbocycles. The van der Waals surface area contributed by atoms with Gasteiger partial charge in [0.05, 0.1) is 12.3 Å². The van der Waals surface area contributed by atoms with Crippen molar-refractivity contribution in [1.82, 2.24) is 9.97 Å². The Morgan fingerprint density at radius 3 is 2.62 bits per heavy atom. The molecule has 1 aliphatic heterocycles. The van der Waals surface area contributed by atoms with Gasteiger partial charge in [-0.3, -0.25) is 9.78 Å². The zero-order chi connectivity index (χ0) is 26.6. The van der Waals surface area contributed by atoms with Crippen molar-refractivity contribution in [1.29, 1.82) is 0 Å². The average Bonchev–Trinajstić information content (AvgIpc) is 2.88. The number of alkyl halides is 3. The highest BCUT2D eigenvalue weighted by Crippen LogP contribution is 2.38. The molecule has 4 rings (SSSR count). The molecule has 10 heteroatoms. The zero-order valence-electron chi connectivity index (χ0n) is 20.6. The summed E-state index contributed by atoms with van der Waals surface area (Å²) in [6.45, 7) is 5.24. The summed E-state index contributed by atoms with van der Waals surface area (Å²) >= 11 is 0. The van der Waals surface area contributed by atoms with Crippen LogP contribution in [-0.4, -0.2) is 47.4 Å². The highest BCUT2D eigenvalue weighted by atomic mass is 19.4. The number of aromatic nitrogens is 2. The summed E-state index contributed by atoms with van der Waals surface area (Å²) in [7, 11) is 0. The normalized spacial score (nSPS) is 15.3. The van der Waals surface area contributed by atoms with E-state index in [0.29, 0.717) is 24.8 Å². The fourth-order valence-electron chi connectivity index (χ4n) is 4.21. The first-order valence-corrected chi connectivity index (χ1v) is 11.9. The second-order valence-electron chi connectivity index (χ2n) is 9.24. The number of hydrogen-bond acceptors (Lipinski definition) is 6. The molecule has 196 valence electrons. The second kappa shape index (κ2) is 10.9. The number of nitrogens with one attached hydrogen (secondary N) is 1. The molecule has 0 radical (unpaired) electrons. The van der Waals surface area contributed by atoms with Gasteiger partial charge < -0.3 is 19.9 Å². The maximum absolute atomic E-state index is 13.0. The molecule has 2 N–H and O–H groups in total. The molecule has 1 saturated heterocycles. The summed E-state index contributed by atoms with van der Waals surface area (Å²) in [5.74, 6) is -0.306. The largest absolute Gasteiger partial charge is 0.475 e. The lowest BCUT2D eigenvalue weighted by molar-refractivity contribution is -0.141. The molecular weight excluding hydrogens is 487 g/mol. The van der Waals surface area contributed by atoms with Gasteiger partial charge in [-0.05, 0) is 66.8 Å². The van der Waals surface area contributed by atoms with E-state index in [9.17, 15) is 23.1 Å². The molecule has 0 bridgehead atoms. The van der Waals surface area contributed by atoms with Gasteiger partial charge >= 0.3 is 6.18 Å². The lowest BCUT2D eigenvalue weighted by Crippen LogP contribution is -2.31. The molecule has 0 unspecified atom stereocenters. The molecule has 0 atom stereocenters. The highest BCUT2D eigenvalue weighted by molar-refractivity contribution is 6.04. The van der Waals surface area contributed by atoms with E-state index in [1.54, 1.807) is 18.2 Å². The number of carbonyl (C=O) groups excluding carboxylic acids is 1. The Kier molecular flexibility index (Phi) is 7.79. The number of aliphatic hydroxyl groups is 1. The number of amides is 1. The molecule has 1 amide bonds. The maximum atomic E-state index is 13.0. The summed E-state index contributed by atoms with van der Waals surface area (Å²) in [5, 5.41) is 11.9. The molecule has 1 aromatic carbocycles. The van der Waals surface area contributed by atoms with Crippen LogP contribution in [0.1, 0.15) is 47.1 Å². The predicted molar refractivity (Wildman–Crippen MR) is 132 cm³/mol. The van der Waals surface area contributed by atoms with Crippen molar-refractivity contribution < 1.29 is 32.5 Å². The summed E-state index contributed by atoms with van der Waals surface area (Å²) in [5.41, 5.74) is 2.29. The number of benzene rings is 1. The first kappa shape index (κ1) is 26.6. The number of aryl methyl sites for hydroxylation is 1. The minimum Gasteiger partial charge on any atom is -0.475 e. The topological polar surface area (TPSA) is 93.6 Å². The van der Waals surface area contributed by atoms with Crippen molar-refractivity contribution in [3.8, 4) is 17.0 Å². The van der Waals surface area contributed by atoms with Crippen LogP contribution in [0.15, 0.2) is 48.7 Å². The van der Waals surface area contributed by atoms with E-state index < -0.39 is 17.8 Å². The van der Waals surface area contributed by atoms with Crippen LogP contribution in [0.4, 0.5) is 18.9 Å². The lowest BCUT2D eigenvalue weighted by atomic mass is 9.78. The quantitative estimate of drug-likeness (QED) is 0.452. The van der Waals surface area contributed by atoms with Crippen molar-refractivity contribution >= 4 is 11.6 Å². The van der Waals surface area contributed by atoms with Gasteiger partial charge in [-0.1, -0.05) is 13.0 Å². The fraction of sp³-hybridized carbons (Fsp3) is 0.370. The Hall–Kier alpha value is -3.50. The van der Waals surface area contributed by atoms with E-state index >= 15 is 0 Å². The van der Waals surface area contributed by atoms with Gasteiger partial charge in [0.1, 0.15) is 12.3 Å². The third-order valence-electron chi connectivity index (χ3n) is 6.48. The number of halogens is 3. The van der Waals surface area contributed by atoms with E-state index in [0.717, 1.165) is 47.5 Å². The smallest absolute Gasteiger partial charge is 0.433 e. The van der Waals surface area contributed by atoms with E-state index in [4.69, 9.17) is 14.5 Å². The molecule has 0 spiro atoms. The highest BCUT2D eigenvalue weighted by Gasteiger charge is 2.33. The molecule has 7 nitrogen and oxygen atoms in total. The van der Waals surface area contributed by atoms with Crippen LogP contribution in [0.3, 0.4) is 0 Å². The Morgan fingerprint density at radius 2 is 1.92 bits per heavy atom. The van der Waals surface area contributed by atoms with Gasteiger partial charge in [0.25, 0.3) is 5.91 Å². The molecule has 0 aliphatic carbocycles. The Morgan fingerprint density at radius 1 is 1.16 bits per heavy atom. The number of anilines is 1. The van der Waals surface area contributed by atoms with E-state index in [-0.39, 0.29) is 24.2 Å². The maximum Gasteiger partial charge on any atom is 0.433 e. The monoisotopic (exact) mass is 515 g/mol.